The Balaban J connectivity index is 2.47. The van der Waals surface area contributed by atoms with Crippen molar-refractivity contribution in [1.82, 2.24) is 4.98 Å². The molecule has 0 fully saturated rings. The van der Waals surface area contributed by atoms with E-state index in [4.69, 9.17) is 4.74 Å². The molecule has 0 aliphatic carbocycles. The number of para-hydroxylation sites is 1. The number of pyridine rings is 1. The molecule has 0 radical (unpaired) electrons. The number of carboxylic acid groups (broad SMARTS) is 1. The molecule has 0 aliphatic rings. The number of hydrogen-bond donors (Lipinski definition) is 1. The number of hydrogen-bond acceptors (Lipinski definition) is 3. The molecule has 1 N–H and O–H groups in total. The molecule has 2 aromatic rings. The number of rotatable bonds is 5. The van der Waals surface area contributed by atoms with Crippen LogP contribution >= 0.6 is 0 Å². The smallest absolute Gasteiger partial charge is 0.337 e. The van der Waals surface area contributed by atoms with Gasteiger partial charge < -0.3 is 9.84 Å². The molecule has 2 rings (SSSR count). The largest absolute Gasteiger partial charge is 0.493 e. The highest BCUT2D eigenvalue weighted by Crippen LogP contribution is 2.24. The number of benzene rings is 1. The van der Waals surface area contributed by atoms with Crippen molar-refractivity contribution in [1.29, 1.82) is 0 Å². The molecule has 0 saturated carbocycles. The first-order chi connectivity index (χ1) is 9.72. The second-order valence-corrected chi connectivity index (χ2v) is 4.05. The maximum atomic E-state index is 11.4. The number of carboxylic acids is 1. The van der Waals surface area contributed by atoms with Gasteiger partial charge in [-0.15, -0.1) is 0 Å². The Bertz CT molecular complexity index is 621. The fourth-order valence-electron chi connectivity index (χ4n) is 1.81. The van der Waals surface area contributed by atoms with Gasteiger partial charge in [0.05, 0.1) is 17.9 Å². The predicted molar refractivity (Wildman–Crippen MR) is 77.4 cm³/mol. The minimum absolute atomic E-state index is 0.137. The summed E-state index contributed by atoms with van der Waals surface area (Å²) in [5, 5.41) is 9.36. The zero-order valence-electron chi connectivity index (χ0n) is 11.1. The number of ether oxygens (including phenoxy) is 1. The number of nitrogens with zero attached hydrogens (tertiary/aromatic N) is 1. The van der Waals surface area contributed by atoms with E-state index in [1.807, 2.05) is 31.2 Å². The standard InChI is InChI=1S/C16H15NO3/c1-2-20-15-9-4-3-7-12(15)11-13(16(18)19)14-8-5-6-10-17-14/h3-11H,2H2,1H3,(H,18,19)/b13-11+. The van der Waals surface area contributed by atoms with Crippen LogP contribution in [0.25, 0.3) is 11.6 Å². The molecule has 1 heterocycles. The Hall–Kier alpha value is -2.62. The quantitative estimate of drug-likeness (QED) is 0.847. The van der Waals surface area contributed by atoms with E-state index in [0.717, 1.165) is 5.56 Å². The highest BCUT2D eigenvalue weighted by molar-refractivity contribution is 6.20. The van der Waals surface area contributed by atoms with E-state index in [9.17, 15) is 9.90 Å². The van der Waals surface area contributed by atoms with Gasteiger partial charge in [0.2, 0.25) is 0 Å². The topological polar surface area (TPSA) is 59.4 Å². The Morgan fingerprint density at radius 1 is 1.25 bits per heavy atom. The van der Waals surface area contributed by atoms with E-state index in [-0.39, 0.29) is 5.57 Å². The molecule has 0 saturated heterocycles. The van der Waals surface area contributed by atoms with Gasteiger partial charge in [-0.2, -0.15) is 0 Å². The maximum absolute atomic E-state index is 11.4. The average Bonchev–Trinajstić information content (AvgIpc) is 2.47. The lowest BCUT2D eigenvalue weighted by Crippen LogP contribution is -2.02. The third-order valence-electron chi connectivity index (χ3n) is 2.69. The lowest BCUT2D eigenvalue weighted by atomic mass is 10.1. The zero-order chi connectivity index (χ0) is 14.4. The van der Waals surface area contributed by atoms with Crippen molar-refractivity contribution in [2.75, 3.05) is 6.61 Å². The summed E-state index contributed by atoms with van der Waals surface area (Å²) in [6, 6.07) is 12.5. The zero-order valence-corrected chi connectivity index (χ0v) is 11.1. The van der Waals surface area contributed by atoms with E-state index in [0.29, 0.717) is 18.1 Å². The first kappa shape index (κ1) is 13.8. The second-order valence-electron chi connectivity index (χ2n) is 4.05. The van der Waals surface area contributed by atoms with Gasteiger partial charge in [-0.1, -0.05) is 24.3 Å². The molecule has 1 aromatic carbocycles. The molecule has 0 spiro atoms. The molecular formula is C16H15NO3. The summed E-state index contributed by atoms with van der Waals surface area (Å²) in [6.07, 6.45) is 3.15. The van der Waals surface area contributed by atoms with Crippen LogP contribution in [0.5, 0.6) is 5.75 Å². The first-order valence-corrected chi connectivity index (χ1v) is 6.30. The molecule has 0 aliphatic heterocycles. The van der Waals surface area contributed by atoms with Crippen LogP contribution in [0.3, 0.4) is 0 Å². The highest BCUT2D eigenvalue weighted by Gasteiger charge is 2.12. The van der Waals surface area contributed by atoms with Crippen LogP contribution in [-0.2, 0) is 4.79 Å². The summed E-state index contributed by atoms with van der Waals surface area (Å²) in [5.41, 5.74) is 1.28. The van der Waals surface area contributed by atoms with E-state index in [2.05, 4.69) is 4.98 Å². The van der Waals surface area contributed by atoms with Crippen molar-refractivity contribution in [2.45, 2.75) is 6.92 Å². The van der Waals surface area contributed by atoms with Gasteiger partial charge in [-0.25, -0.2) is 4.79 Å². The summed E-state index contributed by atoms with van der Waals surface area (Å²) < 4.78 is 5.50. The molecular weight excluding hydrogens is 254 g/mol. The molecule has 4 heteroatoms. The summed E-state index contributed by atoms with van der Waals surface area (Å²) >= 11 is 0. The molecule has 4 nitrogen and oxygen atoms in total. The Morgan fingerprint density at radius 3 is 2.65 bits per heavy atom. The third-order valence-corrected chi connectivity index (χ3v) is 2.69. The summed E-state index contributed by atoms with van der Waals surface area (Å²) in [7, 11) is 0. The monoisotopic (exact) mass is 269 g/mol. The molecule has 102 valence electrons. The van der Waals surface area contributed by atoms with Crippen molar-refractivity contribution in [3.63, 3.8) is 0 Å². The third kappa shape index (κ3) is 3.23. The van der Waals surface area contributed by atoms with Crippen LogP contribution in [0.2, 0.25) is 0 Å². The van der Waals surface area contributed by atoms with E-state index in [1.54, 1.807) is 30.5 Å². The van der Waals surface area contributed by atoms with E-state index in [1.165, 1.54) is 0 Å². The minimum Gasteiger partial charge on any atom is -0.493 e. The SMILES string of the molecule is CCOc1ccccc1/C=C(/C(=O)O)c1ccccn1. The van der Waals surface area contributed by atoms with Crippen LogP contribution in [-0.4, -0.2) is 22.7 Å². The van der Waals surface area contributed by atoms with Gasteiger partial charge in [-0.3, -0.25) is 4.98 Å². The van der Waals surface area contributed by atoms with Gasteiger partial charge in [0, 0.05) is 11.8 Å². The highest BCUT2D eigenvalue weighted by atomic mass is 16.5. The molecule has 0 bridgehead atoms. The molecule has 20 heavy (non-hydrogen) atoms. The van der Waals surface area contributed by atoms with Crippen LogP contribution in [0.1, 0.15) is 18.2 Å². The summed E-state index contributed by atoms with van der Waals surface area (Å²) in [4.78, 5) is 15.5. The van der Waals surface area contributed by atoms with Crippen molar-refractivity contribution in [3.8, 4) is 5.75 Å². The maximum Gasteiger partial charge on any atom is 0.337 e. The predicted octanol–water partition coefficient (Wildman–Crippen LogP) is 3.11. The number of carbonyl (C=O) groups is 1. The van der Waals surface area contributed by atoms with E-state index >= 15 is 0 Å². The molecule has 0 atom stereocenters. The molecule has 1 aromatic heterocycles. The lowest BCUT2D eigenvalue weighted by molar-refractivity contribution is -0.130. The fourth-order valence-corrected chi connectivity index (χ4v) is 1.81. The van der Waals surface area contributed by atoms with Gasteiger partial charge in [0.1, 0.15) is 5.75 Å². The van der Waals surface area contributed by atoms with Crippen molar-refractivity contribution >= 4 is 17.6 Å². The molecule has 0 amide bonds. The van der Waals surface area contributed by atoms with Gasteiger partial charge in [-0.05, 0) is 31.2 Å². The lowest BCUT2D eigenvalue weighted by Gasteiger charge is -2.08. The normalized spacial score (nSPS) is 11.2. The average molecular weight is 269 g/mol. The van der Waals surface area contributed by atoms with Gasteiger partial charge >= 0.3 is 5.97 Å². The van der Waals surface area contributed by atoms with Crippen LogP contribution in [0, 0.1) is 0 Å². The van der Waals surface area contributed by atoms with Crippen LogP contribution < -0.4 is 4.74 Å². The summed E-state index contributed by atoms with van der Waals surface area (Å²) in [5.74, 6) is -0.361. The second kappa shape index (κ2) is 6.52. The Labute approximate surface area is 117 Å². The first-order valence-electron chi connectivity index (χ1n) is 6.30. The van der Waals surface area contributed by atoms with Crippen molar-refractivity contribution in [2.24, 2.45) is 0 Å². The Morgan fingerprint density at radius 2 is 2.00 bits per heavy atom. The van der Waals surface area contributed by atoms with Crippen LogP contribution in [0.4, 0.5) is 0 Å². The van der Waals surface area contributed by atoms with E-state index < -0.39 is 5.97 Å². The Kier molecular flexibility index (Phi) is 4.50. The van der Waals surface area contributed by atoms with Crippen molar-refractivity contribution < 1.29 is 14.6 Å². The van der Waals surface area contributed by atoms with Gasteiger partial charge in [0.25, 0.3) is 0 Å². The summed E-state index contributed by atoms with van der Waals surface area (Å²) in [6.45, 7) is 2.41. The van der Waals surface area contributed by atoms with Crippen molar-refractivity contribution in [3.05, 3.63) is 59.9 Å². The minimum atomic E-state index is -1.02. The van der Waals surface area contributed by atoms with Crippen LogP contribution in [0.15, 0.2) is 48.7 Å². The molecule has 0 unspecified atom stereocenters. The number of aliphatic carboxylic acids is 1. The fraction of sp³-hybridized carbons (Fsp3) is 0.125. The number of aromatic nitrogens is 1. The van der Waals surface area contributed by atoms with Gasteiger partial charge in [0.15, 0.2) is 0 Å².